The summed E-state index contributed by atoms with van der Waals surface area (Å²) in [4.78, 5) is 14.6. The number of benzene rings is 4. The van der Waals surface area contributed by atoms with Gasteiger partial charge in [0.25, 0.3) is 0 Å². The molecule has 5 heterocycles. The fourth-order valence-corrected chi connectivity index (χ4v) is 7.03. The third kappa shape index (κ3) is 2.72. The van der Waals surface area contributed by atoms with E-state index in [1.807, 2.05) is 30.6 Å². The van der Waals surface area contributed by atoms with Crippen LogP contribution in [-0.4, -0.2) is 23.9 Å². The molecule has 5 heteroatoms. The van der Waals surface area contributed by atoms with Gasteiger partial charge in [0, 0.05) is 39.6 Å². The van der Waals surface area contributed by atoms with Gasteiger partial charge < -0.3 is 4.57 Å². The highest BCUT2D eigenvalue weighted by Crippen LogP contribution is 2.44. The zero-order chi connectivity index (χ0) is 26.7. The summed E-state index contributed by atoms with van der Waals surface area (Å²) in [5.74, 6) is 0. The Kier molecular flexibility index (Phi) is 3.92. The Morgan fingerprint density at radius 3 is 2.22 bits per heavy atom. The van der Waals surface area contributed by atoms with Crippen LogP contribution in [0.3, 0.4) is 0 Å². The molecule has 0 saturated carbocycles. The van der Waals surface area contributed by atoms with Crippen LogP contribution >= 0.6 is 0 Å². The minimum absolute atomic E-state index is 0.829. The quantitative estimate of drug-likeness (QED) is 0.204. The molecule has 4 aromatic carbocycles. The zero-order valence-corrected chi connectivity index (χ0v) is 21.9. The van der Waals surface area contributed by atoms with Crippen molar-refractivity contribution < 1.29 is 0 Å². The van der Waals surface area contributed by atoms with Gasteiger partial charge in [-0.1, -0.05) is 42.5 Å². The van der Waals surface area contributed by atoms with Gasteiger partial charge in [0.15, 0.2) is 5.65 Å². The molecule has 41 heavy (non-hydrogen) atoms. The highest BCUT2D eigenvalue weighted by molar-refractivity contribution is 6.21. The van der Waals surface area contributed by atoms with Crippen LogP contribution < -0.4 is 0 Å². The summed E-state index contributed by atoms with van der Waals surface area (Å²) in [6.45, 7) is 0. The molecule has 0 spiro atoms. The average molecular weight is 524 g/mol. The number of imidazole rings is 1. The summed E-state index contributed by atoms with van der Waals surface area (Å²) in [5.41, 5.74) is 12.5. The fraction of sp³-hybridized carbons (Fsp3) is 0.0278. The van der Waals surface area contributed by atoms with E-state index in [1.54, 1.807) is 0 Å². The van der Waals surface area contributed by atoms with Gasteiger partial charge in [-0.25, -0.2) is 15.0 Å². The van der Waals surface area contributed by atoms with E-state index >= 15 is 0 Å². The molecular weight excluding hydrogens is 502 g/mol. The SMILES string of the molecule is c1ccc(-n2c3cc4c(cc3c3cc5c(cc32)c2cccnc2n2c3ncccc3nc52)Cc2ccccc2-4)cc1. The summed E-state index contributed by atoms with van der Waals surface area (Å²) in [7, 11) is 0. The van der Waals surface area contributed by atoms with E-state index in [9.17, 15) is 0 Å². The van der Waals surface area contributed by atoms with Gasteiger partial charge in [0.05, 0.1) is 11.0 Å². The molecule has 5 aromatic heterocycles. The first-order valence-electron chi connectivity index (χ1n) is 13.9. The van der Waals surface area contributed by atoms with Crippen molar-refractivity contribution >= 4 is 60.4 Å². The molecule has 1 aliphatic rings. The van der Waals surface area contributed by atoms with Crippen LogP contribution in [0.1, 0.15) is 11.1 Å². The monoisotopic (exact) mass is 523 g/mol. The number of nitrogens with zero attached hydrogens (tertiary/aromatic N) is 5. The van der Waals surface area contributed by atoms with Crippen LogP contribution in [0.2, 0.25) is 0 Å². The second-order valence-electron chi connectivity index (χ2n) is 10.9. The molecule has 0 amide bonds. The Labute approximate surface area is 234 Å². The Morgan fingerprint density at radius 2 is 1.29 bits per heavy atom. The highest BCUT2D eigenvalue weighted by Gasteiger charge is 2.23. The maximum atomic E-state index is 5.08. The molecule has 1 aliphatic carbocycles. The lowest BCUT2D eigenvalue weighted by molar-refractivity contribution is 1.18. The van der Waals surface area contributed by atoms with Crippen molar-refractivity contribution in [2.75, 3.05) is 0 Å². The van der Waals surface area contributed by atoms with E-state index in [0.717, 1.165) is 50.7 Å². The van der Waals surface area contributed by atoms with Crippen molar-refractivity contribution in [1.29, 1.82) is 0 Å². The number of para-hydroxylation sites is 1. The summed E-state index contributed by atoms with van der Waals surface area (Å²) < 4.78 is 4.53. The van der Waals surface area contributed by atoms with Crippen molar-refractivity contribution in [3.63, 3.8) is 0 Å². The van der Waals surface area contributed by atoms with Crippen molar-refractivity contribution in [3.05, 3.63) is 127 Å². The molecule has 9 aromatic rings. The molecule has 5 nitrogen and oxygen atoms in total. The third-order valence-electron chi connectivity index (χ3n) is 8.78. The molecular formula is C36H21N5. The molecule has 10 rings (SSSR count). The third-order valence-corrected chi connectivity index (χ3v) is 8.78. The number of rotatable bonds is 1. The van der Waals surface area contributed by atoms with Crippen LogP contribution in [0.4, 0.5) is 0 Å². The lowest BCUT2D eigenvalue weighted by Gasteiger charge is -2.11. The predicted molar refractivity (Wildman–Crippen MR) is 166 cm³/mol. The van der Waals surface area contributed by atoms with E-state index in [0.29, 0.717) is 0 Å². The smallest absolute Gasteiger partial charge is 0.166 e. The topological polar surface area (TPSA) is 48.0 Å². The summed E-state index contributed by atoms with van der Waals surface area (Å²) in [6, 6.07) is 37.1. The Balaban J connectivity index is 1.43. The van der Waals surface area contributed by atoms with Gasteiger partial charge in [-0.2, -0.15) is 0 Å². The molecule has 0 N–H and O–H groups in total. The molecule has 0 aliphatic heterocycles. The first-order chi connectivity index (χ1) is 20.3. The van der Waals surface area contributed by atoms with Crippen molar-refractivity contribution in [2.24, 2.45) is 0 Å². The number of hydrogen-bond acceptors (Lipinski definition) is 3. The van der Waals surface area contributed by atoms with Crippen LogP contribution in [-0.2, 0) is 6.42 Å². The molecule has 0 unspecified atom stereocenters. The van der Waals surface area contributed by atoms with Gasteiger partial charge in [0.2, 0.25) is 0 Å². The first-order valence-corrected chi connectivity index (χ1v) is 13.9. The van der Waals surface area contributed by atoms with E-state index in [2.05, 4.69) is 93.9 Å². The maximum Gasteiger partial charge on any atom is 0.166 e. The van der Waals surface area contributed by atoms with Gasteiger partial charge in [-0.05, 0) is 94.7 Å². The Hall–Kier alpha value is -5.55. The van der Waals surface area contributed by atoms with Crippen LogP contribution in [0, 0.1) is 0 Å². The van der Waals surface area contributed by atoms with Crippen LogP contribution in [0.25, 0.3) is 77.2 Å². The molecule has 0 fully saturated rings. The largest absolute Gasteiger partial charge is 0.309 e. The van der Waals surface area contributed by atoms with E-state index < -0.39 is 0 Å². The first kappa shape index (κ1) is 21.3. The van der Waals surface area contributed by atoms with Gasteiger partial charge in [-0.15, -0.1) is 0 Å². The zero-order valence-electron chi connectivity index (χ0n) is 21.9. The number of aromatic nitrogens is 5. The van der Waals surface area contributed by atoms with Crippen LogP contribution in [0.15, 0.2) is 116 Å². The van der Waals surface area contributed by atoms with Crippen molar-refractivity contribution in [1.82, 2.24) is 23.9 Å². The van der Waals surface area contributed by atoms with E-state index in [1.165, 1.54) is 44.1 Å². The summed E-state index contributed by atoms with van der Waals surface area (Å²) in [5, 5.41) is 5.81. The predicted octanol–water partition coefficient (Wildman–Crippen LogP) is 8.25. The molecule has 0 bridgehead atoms. The second-order valence-corrected chi connectivity index (χ2v) is 10.9. The maximum absolute atomic E-state index is 5.08. The summed E-state index contributed by atoms with van der Waals surface area (Å²) >= 11 is 0. The number of fused-ring (bicyclic) bond motifs is 14. The number of hydrogen-bond donors (Lipinski definition) is 0. The van der Waals surface area contributed by atoms with Crippen molar-refractivity contribution in [3.8, 4) is 16.8 Å². The summed E-state index contributed by atoms with van der Waals surface area (Å²) in [6.07, 6.45) is 4.64. The van der Waals surface area contributed by atoms with Crippen molar-refractivity contribution in [2.45, 2.75) is 6.42 Å². The van der Waals surface area contributed by atoms with Crippen LogP contribution in [0.5, 0.6) is 0 Å². The van der Waals surface area contributed by atoms with Gasteiger partial charge >= 0.3 is 0 Å². The highest BCUT2D eigenvalue weighted by atomic mass is 15.1. The minimum Gasteiger partial charge on any atom is -0.309 e. The number of pyridine rings is 3. The Morgan fingerprint density at radius 1 is 0.512 bits per heavy atom. The molecule has 0 saturated heterocycles. The van der Waals surface area contributed by atoms with Gasteiger partial charge in [0.1, 0.15) is 16.8 Å². The normalized spacial score (nSPS) is 12.8. The molecule has 0 radical (unpaired) electrons. The fourth-order valence-electron chi connectivity index (χ4n) is 7.03. The Bertz CT molecular complexity index is 2550. The lowest BCUT2D eigenvalue weighted by atomic mass is 10.0. The lowest BCUT2D eigenvalue weighted by Crippen LogP contribution is -1.96. The second kappa shape index (κ2) is 7.55. The molecule has 0 atom stereocenters. The van der Waals surface area contributed by atoms with Gasteiger partial charge in [-0.3, -0.25) is 4.40 Å². The minimum atomic E-state index is 0.829. The van der Waals surface area contributed by atoms with E-state index in [-0.39, 0.29) is 0 Å². The molecule has 190 valence electrons. The standard InChI is InChI=1S/C36H21N5/c1-2-9-23(10-3-1)40-32-19-26-22(16-21-8-4-5-11-24(21)26)17-28(32)29-18-30-27(20-33(29)40)25-12-6-14-37-34(25)41-35(30)39-31-13-7-15-38-36(31)41/h1-15,17-20H,16H2. The average Bonchev–Trinajstić information content (AvgIpc) is 3.69. The van der Waals surface area contributed by atoms with E-state index in [4.69, 9.17) is 15.0 Å².